The lowest BCUT2D eigenvalue weighted by Gasteiger charge is -2.13. The van der Waals surface area contributed by atoms with Crippen LogP contribution in [-0.2, 0) is 6.54 Å². The van der Waals surface area contributed by atoms with Crippen molar-refractivity contribution < 1.29 is 9.53 Å². The first-order chi connectivity index (χ1) is 9.97. The van der Waals surface area contributed by atoms with Gasteiger partial charge in [-0.05, 0) is 25.5 Å². The van der Waals surface area contributed by atoms with E-state index in [4.69, 9.17) is 22.1 Å². The molecule has 0 aliphatic rings. The molecular formula is C14H17ClN4O2. The molecule has 7 heteroatoms. The largest absolute Gasteiger partial charge is 0.495 e. The number of halogens is 1. The highest BCUT2D eigenvalue weighted by atomic mass is 35.5. The molecule has 0 radical (unpaired) electrons. The molecule has 0 saturated carbocycles. The van der Waals surface area contributed by atoms with Gasteiger partial charge in [-0.3, -0.25) is 9.48 Å². The van der Waals surface area contributed by atoms with E-state index < -0.39 is 0 Å². The fourth-order valence-corrected chi connectivity index (χ4v) is 2.15. The standard InChI is InChI=1S/C14H17ClN4O2/c1-4-19-13(10(16)7-17-19)14(20)18-11-5-8(2)9(15)6-12(11)21-3/h5-7H,4,16H2,1-3H3,(H,18,20). The number of carbonyl (C=O) groups is 1. The Hall–Kier alpha value is -2.21. The molecule has 21 heavy (non-hydrogen) atoms. The van der Waals surface area contributed by atoms with Crippen molar-refractivity contribution in [1.82, 2.24) is 9.78 Å². The van der Waals surface area contributed by atoms with Gasteiger partial charge in [-0.2, -0.15) is 5.10 Å². The third-order valence-corrected chi connectivity index (χ3v) is 3.52. The lowest BCUT2D eigenvalue weighted by molar-refractivity contribution is 0.101. The van der Waals surface area contributed by atoms with E-state index >= 15 is 0 Å². The third kappa shape index (κ3) is 2.95. The van der Waals surface area contributed by atoms with Crippen LogP contribution >= 0.6 is 11.6 Å². The Balaban J connectivity index is 2.35. The monoisotopic (exact) mass is 308 g/mol. The molecule has 1 amide bonds. The van der Waals surface area contributed by atoms with Gasteiger partial charge in [0.2, 0.25) is 0 Å². The fourth-order valence-electron chi connectivity index (χ4n) is 2.00. The number of nitrogens with one attached hydrogen (secondary N) is 1. The van der Waals surface area contributed by atoms with E-state index in [1.54, 1.807) is 16.8 Å². The highest BCUT2D eigenvalue weighted by molar-refractivity contribution is 6.31. The minimum Gasteiger partial charge on any atom is -0.495 e. The SMILES string of the molecule is CCn1ncc(N)c1C(=O)Nc1cc(C)c(Cl)cc1OC. The van der Waals surface area contributed by atoms with E-state index in [0.29, 0.717) is 34.4 Å². The number of benzene rings is 1. The van der Waals surface area contributed by atoms with Gasteiger partial charge in [0, 0.05) is 17.6 Å². The summed E-state index contributed by atoms with van der Waals surface area (Å²) in [7, 11) is 1.52. The quantitative estimate of drug-likeness (QED) is 0.909. The summed E-state index contributed by atoms with van der Waals surface area (Å²) < 4.78 is 6.77. The van der Waals surface area contributed by atoms with Crippen LogP contribution in [0.4, 0.5) is 11.4 Å². The maximum absolute atomic E-state index is 12.4. The second kappa shape index (κ2) is 6.05. The van der Waals surface area contributed by atoms with Crippen molar-refractivity contribution in [3.8, 4) is 5.75 Å². The van der Waals surface area contributed by atoms with Crippen molar-refractivity contribution in [1.29, 1.82) is 0 Å². The van der Waals surface area contributed by atoms with Crippen LogP contribution in [0.3, 0.4) is 0 Å². The average Bonchev–Trinajstić information content (AvgIpc) is 2.83. The Morgan fingerprint density at radius 3 is 2.86 bits per heavy atom. The molecule has 1 aromatic heterocycles. The van der Waals surface area contributed by atoms with Gasteiger partial charge in [-0.15, -0.1) is 0 Å². The molecule has 0 fully saturated rings. The van der Waals surface area contributed by atoms with E-state index in [0.717, 1.165) is 5.56 Å². The molecule has 0 aliphatic heterocycles. The van der Waals surface area contributed by atoms with Gasteiger partial charge in [0.1, 0.15) is 11.4 Å². The Bertz CT molecular complexity index is 682. The number of nitrogens with zero attached hydrogens (tertiary/aromatic N) is 2. The third-order valence-electron chi connectivity index (χ3n) is 3.11. The van der Waals surface area contributed by atoms with Gasteiger partial charge in [0.25, 0.3) is 5.91 Å². The topological polar surface area (TPSA) is 82.2 Å². The number of methoxy groups -OCH3 is 1. The molecule has 1 heterocycles. The zero-order valence-electron chi connectivity index (χ0n) is 12.1. The molecule has 0 spiro atoms. The van der Waals surface area contributed by atoms with Crippen molar-refractivity contribution in [2.45, 2.75) is 20.4 Å². The number of aryl methyl sites for hydroxylation is 2. The average molecular weight is 309 g/mol. The lowest BCUT2D eigenvalue weighted by atomic mass is 10.2. The van der Waals surface area contributed by atoms with Crippen molar-refractivity contribution in [3.63, 3.8) is 0 Å². The van der Waals surface area contributed by atoms with E-state index in [2.05, 4.69) is 10.4 Å². The van der Waals surface area contributed by atoms with Crippen molar-refractivity contribution >= 4 is 28.9 Å². The minimum absolute atomic E-state index is 0.326. The second-order valence-electron chi connectivity index (χ2n) is 4.52. The van der Waals surface area contributed by atoms with Crippen molar-refractivity contribution in [2.24, 2.45) is 0 Å². The number of aromatic nitrogens is 2. The molecule has 0 saturated heterocycles. The Kier molecular flexibility index (Phi) is 4.37. The van der Waals surface area contributed by atoms with E-state index in [9.17, 15) is 4.79 Å². The molecule has 0 bridgehead atoms. The van der Waals surface area contributed by atoms with Crippen LogP contribution < -0.4 is 15.8 Å². The summed E-state index contributed by atoms with van der Waals surface area (Å²) in [4.78, 5) is 12.4. The highest BCUT2D eigenvalue weighted by Crippen LogP contribution is 2.31. The number of amides is 1. The number of nitrogens with two attached hydrogens (primary N) is 1. The first-order valence-electron chi connectivity index (χ1n) is 6.44. The summed E-state index contributed by atoms with van der Waals surface area (Å²) >= 11 is 6.05. The second-order valence-corrected chi connectivity index (χ2v) is 4.93. The first-order valence-corrected chi connectivity index (χ1v) is 6.82. The van der Waals surface area contributed by atoms with Gasteiger partial charge < -0.3 is 15.8 Å². The maximum Gasteiger partial charge on any atom is 0.276 e. The molecule has 2 rings (SSSR count). The van der Waals surface area contributed by atoms with Crippen LogP contribution in [-0.4, -0.2) is 22.8 Å². The molecule has 112 valence electrons. The van der Waals surface area contributed by atoms with E-state index in [1.807, 2.05) is 13.8 Å². The summed E-state index contributed by atoms with van der Waals surface area (Å²) in [5, 5.41) is 7.41. The lowest BCUT2D eigenvalue weighted by Crippen LogP contribution is -2.19. The molecule has 3 N–H and O–H groups in total. The van der Waals surface area contributed by atoms with Crippen LogP contribution in [0.1, 0.15) is 23.0 Å². The van der Waals surface area contributed by atoms with Crippen LogP contribution in [0.15, 0.2) is 18.3 Å². The molecular weight excluding hydrogens is 292 g/mol. The Morgan fingerprint density at radius 1 is 1.52 bits per heavy atom. The number of hydrogen-bond acceptors (Lipinski definition) is 4. The number of rotatable bonds is 4. The van der Waals surface area contributed by atoms with Crippen LogP contribution in [0.2, 0.25) is 5.02 Å². The fraction of sp³-hybridized carbons (Fsp3) is 0.286. The maximum atomic E-state index is 12.4. The Labute approximate surface area is 127 Å². The predicted molar refractivity (Wildman–Crippen MR) is 83.0 cm³/mol. The normalized spacial score (nSPS) is 10.5. The number of hydrogen-bond donors (Lipinski definition) is 2. The first kappa shape index (κ1) is 15.2. The number of nitrogen functional groups attached to an aromatic ring is 1. The number of anilines is 2. The summed E-state index contributed by atoms with van der Waals surface area (Å²) in [6.45, 7) is 4.29. The van der Waals surface area contributed by atoms with Gasteiger partial charge >= 0.3 is 0 Å². The molecule has 2 aromatic rings. The highest BCUT2D eigenvalue weighted by Gasteiger charge is 2.18. The van der Waals surface area contributed by atoms with Gasteiger partial charge in [-0.25, -0.2) is 0 Å². The van der Waals surface area contributed by atoms with Gasteiger partial charge in [0.05, 0.1) is 24.7 Å². The zero-order valence-corrected chi connectivity index (χ0v) is 12.9. The molecule has 6 nitrogen and oxygen atoms in total. The molecule has 0 unspecified atom stereocenters. The minimum atomic E-state index is -0.341. The summed E-state index contributed by atoms with van der Waals surface area (Å²) in [5.74, 6) is 0.145. The molecule has 1 aromatic carbocycles. The Morgan fingerprint density at radius 2 is 2.24 bits per heavy atom. The van der Waals surface area contributed by atoms with Crippen LogP contribution in [0, 0.1) is 6.92 Å². The zero-order chi connectivity index (χ0) is 15.6. The predicted octanol–water partition coefficient (Wildman–Crippen LogP) is 2.71. The van der Waals surface area contributed by atoms with Crippen molar-refractivity contribution in [2.75, 3.05) is 18.2 Å². The van der Waals surface area contributed by atoms with Crippen LogP contribution in [0.25, 0.3) is 0 Å². The summed E-state index contributed by atoms with van der Waals surface area (Å²) in [5.41, 5.74) is 7.83. The van der Waals surface area contributed by atoms with Gasteiger partial charge in [-0.1, -0.05) is 11.6 Å². The molecule has 0 atom stereocenters. The van der Waals surface area contributed by atoms with E-state index in [-0.39, 0.29) is 5.91 Å². The summed E-state index contributed by atoms with van der Waals surface area (Å²) in [6.07, 6.45) is 1.46. The smallest absolute Gasteiger partial charge is 0.276 e. The molecule has 0 aliphatic carbocycles. The summed E-state index contributed by atoms with van der Waals surface area (Å²) in [6, 6.07) is 3.41. The van der Waals surface area contributed by atoms with Crippen molar-refractivity contribution in [3.05, 3.63) is 34.6 Å². The van der Waals surface area contributed by atoms with E-state index in [1.165, 1.54) is 13.3 Å². The van der Waals surface area contributed by atoms with Gasteiger partial charge in [0.15, 0.2) is 0 Å². The number of carbonyl (C=O) groups excluding carboxylic acids is 1. The van der Waals surface area contributed by atoms with Crippen LogP contribution in [0.5, 0.6) is 5.75 Å². The number of ether oxygens (including phenoxy) is 1.